The molecular weight excluding hydrogens is 431 g/mol. The molecule has 1 atom stereocenters. The van der Waals surface area contributed by atoms with Crippen LogP contribution in [-0.4, -0.2) is 34.7 Å². The van der Waals surface area contributed by atoms with E-state index in [1.165, 1.54) is 17.0 Å². The topological polar surface area (TPSA) is 74.1 Å². The van der Waals surface area contributed by atoms with Crippen LogP contribution in [0.25, 0.3) is 10.9 Å². The SMILES string of the molecule is N#C[C@@H](C(=O)C1CCN(C(=O)c2ccc(C(F)(F)F)cc2)CC1)c1ccc2ccccc2n1. The normalized spacial score (nSPS) is 15.8. The minimum Gasteiger partial charge on any atom is -0.339 e. The van der Waals surface area contributed by atoms with Gasteiger partial charge >= 0.3 is 6.18 Å². The Labute approximate surface area is 188 Å². The van der Waals surface area contributed by atoms with E-state index in [4.69, 9.17) is 0 Å². The molecule has 0 N–H and O–H groups in total. The van der Waals surface area contributed by atoms with Crippen molar-refractivity contribution in [2.45, 2.75) is 24.9 Å². The van der Waals surface area contributed by atoms with Gasteiger partial charge in [-0.15, -0.1) is 0 Å². The number of piperidine rings is 1. The first-order chi connectivity index (χ1) is 15.8. The molecule has 0 saturated carbocycles. The summed E-state index contributed by atoms with van der Waals surface area (Å²) < 4.78 is 38.2. The molecule has 4 rings (SSSR count). The number of carbonyl (C=O) groups is 2. The van der Waals surface area contributed by atoms with Crippen molar-refractivity contribution in [3.05, 3.63) is 77.5 Å². The van der Waals surface area contributed by atoms with Gasteiger partial charge in [-0.25, -0.2) is 0 Å². The van der Waals surface area contributed by atoms with E-state index < -0.39 is 17.7 Å². The third-order valence-corrected chi connectivity index (χ3v) is 5.97. The van der Waals surface area contributed by atoms with Crippen molar-refractivity contribution in [1.29, 1.82) is 5.26 Å². The van der Waals surface area contributed by atoms with Crippen molar-refractivity contribution in [2.24, 2.45) is 5.92 Å². The number of rotatable bonds is 4. The average molecular weight is 451 g/mol. The first kappa shape index (κ1) is 22.5. The van der Waals surface area contributed by atoms with Gasteiger partial charge in [0.2, 0.25) is 0 Å². The number of ketones is 1. The molecule has 0 spiro atoms. The fraction of sp³-hybridized carbons (Fsp3) is 0.280. The lowest BCUT2D eigenvalue weighted by Gasteiger charge is -2.32. The molecule has 3 aromatic rings. The van der Waals surface area contributed by atoms with Gasteiger partial charge in [-0.1, -0.05) is 24.3 Å². The molecule has 0 radical (unpaired) electrons. The van der Waals surface area contributed by atoms with Crippen molar-refractivity contribution < 1.29 is 22.8 Å². The van der Waals surface area contributed by atoms with Crippen LogP contribution in [0.2, 0.25) is 0 Å². The average Bonchev–Trinajstić information content (AvgIpc) is 2.83. The van der Waals surface area contributed by atoms with Crippen LogP contribution >= 0.6 is 0 Å². The number of nitrogens with zero attached hydrogens (tertiary/aromatic N) is 3. The molecular formula is C25H20F3N3O2. The summed E-state index contributed by atoms with van der Waals surface area (Å²) in [6.07, 6.45) is -3.69. The highest BCUT2D eigenvalue weighted by Gasteiger charge is 2.34. The number of para-hydroxylation sites is 1. The van der Waals surface area contributed by atoms with Crippen LogP contribution in [0.15, 0.2) is 60.7 Å². The summed E-state index contributed by atoms with van der Waals surface area (Å²) in [5.41, 5.74) is 0.473. The molecule has 1 aromatic heterocycles. The predicted molar refractivity (Wildman–Crippen MR) is 115 cm³/mol. The van der Waals surface area contributed by atoms with Crippen LogP contribution in [0.5, 0.6) is 0 Å². The number of likely N-dealkylation sites (tertiary alicyclic amines) is 1. The number of alkyl halides is 3. The molecule has 2 heterocycles. The van der Waals surface area contributed by atoms with Crippen LogP contribution in [0, 0.1) is 17.2 Å². The number of halogens is 3. The molecule has 1 saturated heterocycles. The number of hydrogen-bond donors (Lipinski definition) is 0. The number of benzene rings is 2. The van der Waals surface area contributed by atoms with E-state index in [0.717, 1.165) is 17.5 Å². The Morgan fingerprint density at radius 1 is 1.00 bits per heavy atom. The number of amides is 1. The van der Waals surface area contributed by atoms with Gasteiger partial charge in [0.1, 0.15) is 5.92 Å². The summed E-state index contributed by atoms with van der Waals surface area (Å²) in [5, 5.41) is 10.6. The van der Waals surface area contributed by atoms with Crippen molar-refractivity contribution in [3.63, 3.8) is 0 Å². The summed E-state index contributed by atoms with van der Waals surface area (Å²) in [6, 6.07) is 17.2. The van der Waals surface area contributed by atoms with Crippen molar-refractivity contribution in [1.82, 2.24) is 9.88 Å². The van der Waals surface area contributed by atoms with Crippen LogP contribution in [0.4, 0.5) is 13.2 Å². The molecule has 2 aromatic carbocycles. The Morgan fingerprint density at radius 3 is 2.30 bits per heavy atom. The molecule has 1 fully saturated rings. The molecule has 5 nitrogen and oxygen atoms in total. The number of hydrogen-bond acceptors (Lipinski definition) is 4. The van der Waals surface area contributed by atoms with E-state index in [9.17, 15) is 28.0 Å². The highest BCUT2D eigenvalue weighted by atomic mass is 19.4. The number of nitriles is 1. The standard InChI is InChI=1S/C25H20F3N3O2/c26-25(27,28)19-8-5-18(6-9-19)24(33)31-13-11-17(12-14-31)23(32)20(15-29)22-10-7-16-3-1-2-4-21(16)30-22/h1-10,17,20H,11-14H2/t20-/m1/s1. The third kappa shape index (κ3) is 4.72. The number of carbonyl (C=O) groups excluding carboxylic acids is 2. The smallest absolute Gasteiger partial charge is 0.339 e. The van der Waals surface area contributed by atoms with Gasteiger partial charge in [0.05, 0.1) is 22.8 Å². The second-order valence-corrected chi connectivity index (χ2v) is 8.03. The largest absolute Gasteiger partial charge is 0.416 e. The molecule has 33 heavy (non-hydrogen) atoms. The highest BCUT2D eigenvalue weighted by Crippen LogP contribution is 2.30. The molecule has 1 aliphatic rings. The Kier molecular flexibility index (Phi) is 6.14. The third-order valence-electron chi connectivity index (χ3n) is 5.97. The minimum absolute atomic E-state index is 0.169. The highest BCUT2D eigenvalue weighted by molar-refractivity contribution is 5.95. The molecule has 1 aliphatic heterocycles. The molecule has 0 aliphatic carbocycles. The Bertz CT molecular complexity index is 1220. The van der Waals surface area contributed by atoms with Gasteiger partial charge in [0.25, 0.3) is 5.91 Å². The fourth-order valence-electron chi connectivity index (χ4n) is 4.11. The lowest BCUT2D eigenvalue weighted by Crippen LogP contribution is -2.41. The minimum atomic E-state index is -4.46. The fourth-order valence-corrected chi connectivity index (χ4v) is 4.11. The van der Waals surface area contributed by atoms with E-state index >= 15 is 0 Å². The second-order valence-electron chi connectivity index (χ2n) is 8.03. The molecule has 8 heteroatoms. The Hall–Kier alpha value is -3.73. The quantitative estimate of drug-likeness (QED) is 0.561. The van der Waals surface area contributed by atoms with E-state index in [1.54, 1.807) is 6.07 Å². The van der Waals surface area contributed by atoms with Crippen LogP contribution in [-0.2, 0) is 11.0 Å². The lowest BCUT2D eigenvalue weighted by molar-refractivity contribution is -0.137. The van der Waals surface area contributed by atoms with Crippen LogP contribution < -0.4 is 0 Å². The second kappa shape index (κ2) is 9.02. The van der Waals surface area contributed by atoms with Crippen molar-refractivity contribution in [2.75, 3.05) is 13.1 Å². The van der Waals surface area contributed by atoms with E-state index in [2.05, 4.69) is 11.1 Å². The molecule has 0 bridgehead atoms. The zero-order valence-electron chi connectivity index (χ0n) is 17.5. The number of pyridine rings is 1. The maximum atomic E-state index is 13.1. The van der Waals surface area contributed by atoms with Gasteiger partial charge in [-0.05, 0) is 49.2 Å². The van der Waals surface area contributed by atoms with Gasteiger partial charge < -0.3 is 4.90 Å². The zero-order valence-corrected chi connectivity index (χ0v) is 17.5. The summed E-state index contributed by atoms with van der Waals surface area (Å²) in [5.74, 6) is -1.97. The summed E-state index contributed by atoms with van der Waals surface area (Å²) in [7, 11) is 0. The molecule has 1 amide bonds. The van der Waals surface area contributed by atoms with Crippen molar-refractivity contribution >= 4 is 22.6 Å². The number of Topliss-reactive ketones (excluding diaryl/α,β-unsaturated/α-hetero) is 1. The van der Waals surface area contributed by atoms with E-state index in [1.807, 2.05) is 30.3 Å². The van der Waals surface area contributed by atoms with Gasteiger partial charge in [-0.2, -0.15) is 18.4 Å². The summed E-state index contributed by atoms with van der Waals surface area (Å²) in [4.78, 5) is 31.8. The summed E-state index contributed by atoms with van der Waals surface area (Å²) in [6.45, 7) is 0.582. The van der Waals surface area contributed by atoms with Gasteiger partial charge in [0, 0.05) is 30.0 Å². The first-order valence-electron chi connectivity index (χ1n) is 10.5. The number of aromatic nitrogens is 1. The summed E-state index contributed by atoms with van der Waals surface area (Å²) >= 11 is 0. The Morgan fingerprint density at radius 2 is 1.67 bits per heavy atom. The predicted octanol–water partition coefficient (Wildman–Crippen LogP) is 4.98. The van der Waals surface area contributed by atoms with Gasteiger partial charge in [0.15, 0.2) is 5.78 Å². The number of fused-ring (bicyclic) bond motifs is 1. The van der Waals surface area contributed by atoms with Crippen LogP contribution in [0.3, 0.4) is 0 Å². The van der Waals surface area contributed by atoms with E-state index in [-0.39, 0.29) is 23.2 Å². The maximum Gasteiger partial charge on any atom is 0.416 e. The first-order valence-corrected chi connectivity index (χ1v) is 10.5. The zero-order chi connectivity index (χ0) is 23.6. The maximum absolute atomic E-state index is 13.1. The Balaban J connectivity index is 1.41. The van der Waals surface area contributed by atoms with Crippen molar-refractivity contribution in [3.8, 4) is 6.07 Å². The van der Waals surface area contributed by atoms with Crippen LogP contribution in [0.1, 0.15) is 40.4 Å². The van der Waals surface area contributed by atoms with Gasteiger partial charge in [-0.3, -0.25) is 14.6 Å². The lowest BCUT2D eigenvalue weighted by atomic mass is 9.84. The molecule has 168 valence electrons. The molecule has 0 unspecified atom stereocenters. The van der Waals surface area contributed by atoms with E-state index in [0.29, 0.717) is 37.1 Å². The monoisotopic (exact) mass is 451 g/mol.